The van der Waals surface area contributed by atoms with Crippen LogP contribution in [0.5, 0.6) is 0 Å². The van der Waals surface area contributed by atoms with Gasteiger partial charge in [0, 0.05) is 51.4 Å². The van der Waals surface area contributed by atoms with Gasteiger partial charge in [0.05, 0.1) is 0 Å². The lowest BCUT2D eigenvalue weighted by molar-refractivity contribution is 0.154. The van der Waals surface area contributed by atoms with Gasteiger partial charge in [0.1, 0.15) is 11.6 Å². The van der Waals surface area contributed by atoms with Gasteiger partial charge >= 0.3 is 6.03 Å². The largest absolute Gasteiger partial charge is 0.323 e. The highest BCUT2D eigenvalue weighted by Crippen LogP contribution is 2.12. The van der Waals surface area contributed by atoms with Gasteiger partial charge in [0.2, 0.25) is 0 Å². The number of hydrogen-bond donors (Lipinski definition) is 1. The molecule has 1 aliphatic rings. The van der Waals surface area contributed by atoms with E-state index in [1.807, 2.05) is 0 Å². The van der Waals surface area contributed by atoms with Crippen LogP contribution in [0.25, 0.3) is 0 Å². The van der Waals surface area contributed by atoms with Gasteiger partial charge in [-0.2, -0.15) is 0 Å². The summed E-state index contributed by atoms with van der Waals surface area (Å²) in [4.78, 5) is 15.3. The molecule has 1 aromatic carbocycles. The average Bonchev–Trinajstić information content (AvgIpc) is 2.42. The zero-order chi connectivity index (χ0) is 13.8. The molecule has 19 heavy (non-hydrogen) atoms. The zero-order valence-electron chi connectivity index (χ0n) is 10.8. The summed E-state index contributed by atoms with van der Waals surface area (Å²) in [5.41, 5.74) is 0.312. The molecule has 104 valence electrons. The molecular weight excluding hydrogens is 252 g/mol. The van der Waals surface area contributed by atoms with Crippen LogP contribution in [-0.4, -0.2) is 49.1 Å². The molecule has 1 aromatic rings. The summed E-state index contributed by atoms with van der Waals surface area (Å²) in [5, 5.41) is 3.16. The molecule has 1 aliphatic heterocycles. The van der Waals surface area contributed by atoms with E-state index in [1.165, 1.54) is 17.0 Å². The fourth-order valence-electron chi connectivity index (χ4n) is 2.07. The van der Waals surface area contributed by atoms with Gasteiger partial charge in [-0.15, -0.1) is 0 Å². The number of rotatable bonds is 2. The molecule has 0 aromatic heterocycles. The number of halogens is 2. The Balaban J connectivity index is 1.99. The van der Waals surface area contributed by atoms with Crippen molar-refractivity contribution in [1.82, 2.24) is 15.1 Å². The summed E-state index contributed by atoms with van der Waals surface area (Å²) >= 11 is 0. The van der Waals surface area contributed by atoms with E-state index in [0.29, 0.717) is 18.7 Å². The smallest absolute Gasteiger partial charge is 0.320 e. The highest BCUT2D eigenvalue weighted by atomic mass is 19.1. The number of hydrogen-bond acceptors (Lipinski definition) is 2. The first-order valence-corrected chi connectivity index (χ1v) is 6.22. The Kier molecular flexibility index (Phi) is 4.31. The van der Waals surface area contributed by atoms with Crippen molar-refractivity contribution in [2.75, 3.05) is 33.2 Å². The maximum atomic E-state index is 13.5. The second kappa shape index (κ2) is 5.97. The van der Waals surface area contributed by atoms with E-state index in [2.05, 4.69) is 5.32 Å². The van der Waals surface area contributed by atoms with Gasteiger partial charge in [-0.25, -0.2) is 13.6 Å². The van der Waals surface area contributed by atoms with Crippen LogP contribution in [0.3, 0.4) is 0 Å². The van der Waals surface area contributed by atoms with Crippen molar-refractivity contribution in [3.8, 4) is 0 Å². The van der Waals surface area contributed by atoms with E-state index in [9.17, 15) is 13.6 Å². The maximum absolute atomic E-state index is 13.5. The minimum absolute atomic E-state index is 0.134. The first kappa shape index (κ1) is 13.7. The van der Waals surface area contributed by atoms with Crippen molar-refractivity contribution < 1.29 is 13.6 Å². The van der Waals surface area contributed by atoms with Crippen LogP contribution in [0.15, 0.2) is 18.2 Å². The lowest BCUT2D eigenvalue weighted by Crippen LogP contribution is -2.50. The van der Waals surface area contributed by atoms with Gasteiger partial charge in [0.15, 0.2) is 0 Å². The number of carbonyl (C=O) groups is 1. The molecule has 6 heteroatoms. The third-order valence-electron chi connectivity index (χ3n) is 3.14. The van der Waals surface area contributed by atoms with Gasteiger partial charge in [-0.1, -0.05) is 6.07 Å². The summed E-state index contributed by atoms with van der Waals surface area (Å²) in [6.45, 7) is 2.97. The second-order valence-corrected chi connectivity index (χ2v) is 4.61. The number of carbonyl (C=O) groups excluding carboxylic acids is 1. The first-order chi connectivity index (χ1) is 9.08. The quantitative estimate of drug-likeness (QED) is 0.881. The Morgan fingerprint density at radius 3 is 2.68 bits per heavy atom. The van der Waals surface area contributed by atoms with Crippen LogP contribution in [-0.2, 0) is 6.54 Å². The monoisotopic (exact) mass is 269 g/mol. The van der Waals surface area contributed by atoms with Crippen LogP contribution in [0, 0.1) is 11.6 Å². The van der Waals surface area contributed by atoms with Gasteiger partial charge in [-0.05, 0) is 6.07 Å². The number of nitrogens with one attached hydrogen (secondary N) is 1. The second-order valence-electron chi connectivity index (χ2n) is 4.61. The lowest BCUT2D eigenvalue weighted by atomic mass is 10.2. The number of urea groups is 1. The third kappa shape index (κ3) is 3.41. The third-order valence-corrected chi connectivity index (χ3v) is 3.14. The Labute approximate surface area is 111 Å². The van der Waals surface area contributed by atoms with Crippen LogP contribution in [0.4, 0.5) is 13.6 Å². The molecule has 0 spiro atoms. The van der Waals surface area contributed by atoms with Crippen molar-refractivity contribution in [1.29, 1.82) is 0 Å². The van der Waals surface area contributed by atoms with Crippen molar-refractivity contribution in [3.63, 3.8) is 0 Å². The van der Waals surface area contributed by atoms with Crippen LogP contribution >= 0.6 is 0 Å². The van der Waals surface area contributed by atoms with E-state index in [4.69, 9.17) is 0 Å². The Morgan fingerprint density at radius 1 is 1.37 bits per heavy atom. The van der Waals surface area contributed by atoms with Gasteiger partial charge < -0.3 is 15.1 Å². The number of benzene rings is 1. The van der Waals surface area contributed by atoms with E-state index >= 15 is 0 Å². The molecular formula is C13H17F2N3O. The standard InChI is InChI=1S/C13H17F2N3O/c1-17(13(19)18-6-4-16-5-7-18)9-10-2-3-11(14)8-12(10)15/h2-3,8,16H,4-7,9H2,1H3. The predicted molar refractivity (Wildman–Crippen MR) is 67.7 cm³/mol. The summed E-state index contributed by atoms with van der Waals surface area (Å²) in [6, 6.07) is 3.26. The molecule has 1 saturated heterocycles. The van der Waals surface area contributed by atoms with E-state index in [-0.39, 0.29) is 12.6 Å². The Bertz CT molecular complexity index is 461. The number of amides is 2. The van der Waals surface area contributed by atoms with Crippen molar-refractivity contribution in [3.05, 3.63) is 35.4 Å². The molecule has 0 radical (unpaired) electrons. The van der Waals surface area contributed by atoms with Crippen LogP contribution in [0.2, 0.25) is 0 Å². The fraction of sp³-hybridized carbons (Fsp3) is 0.462. The summed E-state index contributed by atoms with van der Waals surface area (Å²) < 4.78 is 26.3. The van der Waals surface area contributed by atoms with Gasteiger partial charge in [0.25, 0.3) is 0 Å². The minimum Gasteiger partial charge on any atom is -0.323 e. The van der Waals surface area contributed by atoms with Crippen molar-refractivity contribution in [2.45, 2.75) is 6.54 Å². The first-order valence-electron chi connectivity index (χ1n) is 6.22. The zero-order valence-corrected chi connectivity index (χ0v) is 10.8. The fourth-order valence-corrected chi connectivity index (χ4v) is 2.07. The average molecular weight is 269 g/mol. The molecule has 0 aliphatic carbocycles. The minimum atomic E-state index is -0.625. The van der Waals surface area contributed by atoms with E-state index < -0.39 is 11.6 Å². The van der Waals surface area contributed by atoms with E-state index in [1.54, 1.807) is 11.9 Å². The number of piperazine rings is 1. The molecule has 2 rings (SSSR count). The Morgan fingerprint density at radius 2 is 2.05 bits per heavy atom. The lowest BCUT2D eigenvalue weighted by Gasteiger charge is -2.31. The summed E-state index contributed by atoms with van der Waals surface area (Å²) in [7, 11) is 1.62. The SMILES string of the molecule is CN(Cc1ccc(F)cc1F)C(=O)N1CCNCC1. The molecule has 4 nitrogen and oxygen atoms in total. The van der Waals surface area contributed by atoms with Gasteiger partial charge in [-0.3, -0.25) is 0 Å². The molecule has 2 amide bonds. The van der Waals surface area contributed by atoms with Crippen molar-refractivity contribution >= 4 is 6.03 Å². The normalized spacial score (nSPS) is 15.4. The predicted octanol–water partition coefficient (Wildman–Crippen LogP) is 1.42. The Hall–Kier alpha value is -1.69. The topological polar surface area (TPSA) is 35.6 Å². The molecule has 0 saturated carbocycles. The van der Waals surface area contributed by atoms with E-state index in [0.717, 1.165) is 19.2 Å². The summed E-state index contributed by atoms with van der Waals surface area (Å²) in [5.74, 6) is -1.24. The number of nitrogens with zero attached hydrogens (tertiary/aromatic N) is 2. The van der Waals surface area contributed by atoms with Crippen LogP contribution < -0.4 is 5.32 Å². The van der Waals surface area contributed by atoms with Crippen LogP contribution in [0.1, 0.15) is 5.56 Å². The molecule has 0 atom stereocenters. The molecule has 1 heterocycles. The molecule has 0 bridgehead atoms. The molecule has 1 N–H and O–H groups in total. The molecule has 1 fully saturated rings. The highest BCUT2D eigenvalue weighted by Gasteiger charge is 2.20. The maximum Gasteiger partial charge on any atom is 0.320 e. The summed E-state index contributed by atoms with van der Waals surface area (Å²) in [6.07, 6.45) is 0. The highest BCUT2D eigenvalue weighted by molar-refractivity contribution is 5.74. The van der Waals surface area contributed by atoms with Crippen molar-refractivity contribution in [2.24, 2.45) is 0 Å². The molecule has 0 unspecified atom stereocenters.